The highest BCUT2D eigenvalue weighted by Gasteiger charge is 2.24. The Kier molecular flexibility index (Phi) is 4.54. The van der Waals surface area contributed by atoms with Gasteiger partial charge in [0.25, 0.3) is 0 Å². The largest absolute Gasteiger partial charge is 0.374 e. The third kappa shape index (κ3) is 3.20. The van der Waals surface area contributed by atoms with Crippen molar-refractivity contribution in [1.29, 1.82) is 0 Å². The van der Waals surface area contributed by atoms with E-state index < -0.39 is 0 Å². The highest BCUT2D eigenvalue weighted by atomic mass is 16.5. The average Bonchev–Trinajstić information content (AvgIpc) is 3.03. The predicted octanol–water partition coefficient (Wildman–Crippen LogP) is 1.56. The van der Waals surface area contributed by atoms with Crippen LogP contribution < -0.4 is 0 Å². The second-order valence-corrected chi connectivity index (χ2v) is 5.77. The summed E-state index contributed by atoms with van der Waals surface area (Å²) in [7, 11) is 0. The van der Waals surface area contributed by atoms with Crippen LogP contribution in [0.2, 0.25) is 0 Å². The number of hydrogen-bond acceptors (Lipinski definition) is 6. The minimum absolute atomic E-state index is 0.391. The number of aryl methyl sites for hydroxylation is 1. The molecule has 1 aliphatic heterocycles. The predicted molar refractivity (Wildman–Crippen MR) is 80.2 cm³/mol. The summed E-state index contributed by atoms with van der Waals surface area (Å²) in [6.45, 7) is 9.98. The molecule has 2 aromatic heterocycles. The maximum atomic E-state index is 5.48. The number of ether oxygens (including phenoxy) is 1. The number of rotatable bonds is 5. The van der Waals surface area contributed by atoms with Crippen molar-refractivity contribution in [3.05, 3.63) is 29.2 Å². The number of aromatic nitrogens is 4. The van der Waals surface area contributed by atoms with Gasteiger partial charge in [-0.25, -0.2) is 0 Å². The lowest BCUT2D eigenvalue weighted by molar-refractivity contribution is 0.124. The Balaban J connectivity index is 1.70. The lowest BCUT2D eigenvalue weighted by Gasteiger charge is -2.25. The Labute approximate surface area is 130 Å². The van der Waals surface area contributed by atoms with E-state index in [1.54, 1.807) is 0 Å². The Bertz CT molecular complexity index is 621. The molecule has 0 fully saturated rings. The Morgan fingerprint density at radius 3 is 2.95 bits per heavy atom. The van der Waals surface area contributed by atoms with E-state index in [1.165, 1.54) is 0 Å². The molecule has 0 bridgehead atoms. The monoisotopic (exact) mass is 305 g/mol. The molecule has 0 spiro atoms. The molecule has 1 aliphatic rings. The van der Waals surface area contributed by atoms with Gasteiger partial charge < -0.3 is 13.8 Å². The zero-order valence-electron chi connectivity index (χ0n) is 13.4. The highest BCUT2D eigenvalue weighted by Crippen LogP contribution is 2.17. The van der Waals surface area contributed by atoms with Crippen molar-refractivity contribution >= 4 is 0 Å². The zero-order valence-corrected chi connectivity index (χ0v) is 13.4. The molecule has 0 saturated carbocycles. The van der Waals surface area contributed by atoms with E-state index in [2.05, 4.69) is 31.7 Å². The van der Waals surface area contributed by atoms with Crippen molar-refractivity contribution in [2.24, 2.45) is 0 Å². The third-order valence-electron chi connectivity index (χ3n) is 4.09. The van der Waals surface area contributed by atoms with Crippen LogP contribution in [0.5, 0.6) is 0 Å². The Hall–Kier alpha value is -1.73. The topological polar surface area (TPSA) is 69.2 Å². The first kappa shape index (κ1) is 15.2. The average molecular weight is 305 g/mol. The number of nitrogens with zero attached hydrogens (tertiary/aromatic N) is 5. The molecule has 0 aliphatic carbocycles. The molecule has 120 valence electrons. The van der Waals surface area contributed by atoms with Crippen molar-refractivity contribution in [3.63, 3.8) is 0 Å². The van der Waals surface area contributed by atoms with Gasteiger partial charge in [0.1, 0.15) is 18.2 Å². The standard InChI is InChI=1S/C15H23N5O2/c1-4-21-10-15-17-16-14-7-11(2)19(5-6-20(14)15)9-13-8-12(3)22-18-13/h8,11H,4-7,9-10H2,1-3H3/t11-/m1/s1. The molecule has 3 heterocycles. The van der Waals surface area contributed by atoms with Crippen LogP contribution in [0.4, 0.5) is 0 Å². The van der Waals surface area contributed by atoms with Crippen molar-refractivity contribution in [1.82, 2.24) is 24.8 Å². The fourth-order valence-electron chi connectivity index (χ4n) is 2.86. The maximum Gasteiger partial charge on any atom is 0.159 e. The maximum absolute atomic E-state index is 5.48. The third-order valence-corrected chi connectivity index (χ3v) is 4.09. The first-order chi connectivity index (χ1) is 10.7. The summed E-state index contributed by atoms with van der Waals surface area (Å²) in [5.74, 6) is 2.82. The van der Waals surface area contributed by atoms with Crippen LogP contribution in [0.1, 0.15) is 37.0 Å². The summed E-state index contributed by atoms with van der Waals surface area (Å²) in [5, 5.41) is 12.7. The molecule has 0 radical (unpaired) electrons. The van der Waals surface area contributed by atoms with E-state index >= 15 is 0 Å². The van der Waals surface area contributed by atoms with E-state index in [-0.39, 0.29) is 0 Å². The molecule has 0 saturated heterocycles. The lowest BCUT2D eigenvalue weighted by Crippen LogP contribution is -2.34. The summed E-state index contributed by atoms with van der Waals surface area (Å²) in [4.78, 5) is 2.41. The second-order valence-electron chi connectivity index (χ2n) is 5.77. The van der Waals surface area contributed by atoms with E-state index in [1.807, 2.05) is 19.9 Å². The zero-order chi connectivity index (χ0) is 15.5. The van der Waals surface area contributed by atoms with Gasteiger partial charge in [-0.2, -0.15) is 0 Å². The highest BCUT2D eigenvalue weighted by molar-refractivity contribution is 5.05. The fraction of sp³-hybridized carbons (Fsp3) is 0.667. The normalized spacial score (nSPS) is 19.1. The van der Waals surface area contributed by atoms with Gasteiger partial charge in [-0.05, 0) is 20.8 Å². The van der Waals surface area contributed by atoms with Gasteiger partial charge in [-0.15, -0.1) is 10.2 Å². The Morgan fingerprint density at radius 2 is 2.23 bits per heavy atom. The van der Waals surface area contributed by atoms with Crippen molar-refractivity contribution in [2.75, 3.05) is 13.2 Å². The van der Waals surface area contributed by atoms with Gasteiger partial charge in [-0.3, -0.25) is 4.90 Å². The van der Waals surface area contributed by atoms with Crippen LogP contribution in [-0.4, -0.2) is 44.0 Å². The van der Waals surface area contributed by atoms with E-state index in [0.29, 0.717) is 19.3 Å². The molecule has 7 nitrogen and oxygen atoms in total. The molecule has 1 atom stereocenters. The quantitative estimate of drug-likeness (QED) is 0.835. The van der Waals surface area contributed by atoms with Gasteiger partial charge in [0.05, 0.1) is 5.69 Å². The fourth-order valence-corrected chi connectivity index (χ4v) is 2.86. The molecule has 3 rings (SSSR count). The van der Waals surface area contributed by atoms with Crippen molar-refractivity contribution in [2.45, 2.75) is 52.9 Å². The Morgan fingerprint density at radius 1 is 1.36 bits per heavy atom. The van der Waals surface area contributed by atoms with Crippen LogP contribution >= 0.6 is 0 Å². The van der Waals surface area contributed by atoms with Crippen molar-refractivity contribution in [3.8, 4) is 0 Å². The van der Waals surface area contributed by atoms with Crippen molar-refractivity contribution < 1.29 is 9.26 Å². The number of fused-ring (bicyclic) bond motifs is 1. The van der Waals surface area contributed by atoms with Gasteiger partial charge in [0, 0.05) is 44.8 Å². The molecule has 2 aromatic rings. The van der Waals surface area contributed by atoms with Gasteiger partial charge in [-0.1, -0.05) is 5.16 Å². The van der Waals surface area contributed by atoms with Crippen LogP contribution in [0, 0.1) is 6.92 Å². The summed E-state index contributed by atoms with van der Waals surface area (Å²) >= 11 is 0. The minimum Gasteiger partial charge on any atom is -0.374 e. The van der Waals surface area contributed by atoms with Gasteiger partial charge in [0.15, 0.2) is 5.82 Å². The lowest BCUT2D eigenvalue weighted by atomic mass is 10.2. The number of hydrogen-bond donors (Lipinski definition) is 0. The van der Waals surface area contributed by atoms with E-state index in [4.69, 9.17) is 9.26 Å². The summed E-state index contributed by atoms with van der Waals surface area (Å²) in [5.41, 5.74) is 0.983. The molecule has 0 unspecified atom stereocenters. The minimum atomic E-state index is 0.391. The molecular weight excluding hydrogens is 282 g/mol. The molecule has 7 heteroatoms. The molecule has 22 heavy (non-hydrogen) atoms. The van der Waals surface area contributed by atoms with Crippen LogP contribution in [-0.2, 0) is 30.9 Å². The van der Waals surface area contributed by atoms with Crippen LogP contribution in [0.3, 0.4) is 0 Å². The molecular formula is C15H23N5O2. The SMILES string of the molecule is CCOCc1nnc2n1CCN(Cc1cc(C)on1)[C@H](C)C2. The van der Waals surface area contributed by atoms with E-state index in [9.17, 15) is 0 Å². The smallest absolute Gasteiger partial charge is 0.159 e. The van der Waals surface area contributed by atoms with Crippen LogP contribution in [0.15, 0.2) is 10.6 Å². The van der Waals surface area contributed by atoms with E-state index in [0.717, 1.165) is 49.2 Å². The second kappa shape index (κ2) is 6.58. The first-order valence-electron chi connectivity index (χ1n) is 7.82. The summed E-state index contributed by atoms with van der Waals surface area (Å²) in [6, 6.07) is 2.39. The first-order valence-corrected chi connectivity index (χ1v) is 7.82. The van der Waals surface area contributed by atoms with Crippen LogP contribution in [0.25, 0.3) is 0 Å². The molecule has 0 aromatic carbocycles. The van der Waals surface area contributed by atoms with Gasteiger partial charge >= 0.3 is 0 Å². The molecule has 0 amide bonds. The summed E-state index contributed by atoms with van der Waals surface area (Å²) in [6.07, 6.45) is 0.885. The van der Waals surface area contributed by atoms with Gasteiger partial charge in [0.2, 0.25) is 0 Å². The summed E-state index contributed by atoms with van der Waals surface area (Å²) < 4.78 is 12.8. The molecule has 0 N–H and O–H groups in total.